The second-order valence-electron chi connectivity index (χ2n) is 13.2. The van der Waals surface area contributed by atoms with E-state index in [-0.39, 0.29) is 42.8 Å². The molecule has 1 aromatic carbocycles. The largest absolute Gasteiger partial charge is 0.494 e. The highest BCUT2D eigenvalue weighted by molar-refractivity contribution is 6.03. The highest BCUT2D eigenvalue weighted by atomic mass is 16.5. The SMILES string of the molecule is C=CCN(C(=O)[C@H]1[C@H]2C(=O)N([C@H](C)CO)C(C(=O)N(CC=C)C3CCCCC3)C23CC(C)[C@]1(C)O3)c1ccc(OCC)cc1. The average Bonchev–Trinajstić information content (AvgIpc) is 3.55. The van der Waals surface area contributed by atoms with Crippen LogP contribution in [0.2, 0.25) is 0 Å². The standard InChI is InChI=1S/C35H49N3O6/c1-7-19-36(26-15-17-27(18-16-26)43-9-3)31(40)28-29-32(41)38(24(5)22-39)30(35(29)21-23(4)34(28,6)44-35)33(42)37(20-8-2)25-13-11-10-12-14-25/h7-8,15-18,23-25,28-30,39H,1-2,9-14,19-22H2,3-6H3/t23?,24-,28-,29+,30?,34+,35?/m1/s1. The van der Waals surface area contributed by atoms with Gasteiger partial charge >= 0.3 is 0 Å². The van der Waals surface area contributed by atoms with E-state index in [0.29, 0.717) is 31.0 Å². The van der Waals surface area contributed by atoms with Crippen LogP contribution in [0.5, 0.6) is 5.75 Å². The highest BCUT2D eigenvalue weighted by Crippen LogP contribution is 2.66. The predicted octanol–water partition coefficient (Wildman–Crippen LogP) is 4.34. The fourth-order valence-electron chi connectivity index (χ4n) is 8.51. The minimum atomic E-state index is -1.18. The minimum Gasteiger partial charge on any atom is -0.494 e. The van der Waals surface area contributed by atoms with Gasteiger partial charge in [0, 0.05) is 24.8 Å². The van der Waals surface area contributed by atoms with E-state index < -0.39 is 35.1 Å². The molecule has 2 bridgehead atoms. The Morgan fingerprint density at radius 1 is 1.14 bits per heavy atom. The zero-order chi connectivity index (χ0) is 31.8. The van der Waals surface area contributed by atoms with Crippen molar-refractivity contribution in [1.29, 1.82) is 0 Å². The monoisotopic (exact) mass is 607 g/mol. The van der Waals surface area contributed by atoms with E-state index in [0.717, 1.165) is 32.1 Å². The number of nitrogens with zero attached hydrogens (tertiary/aromatic N) is 3. The molecule has 3 aliphatic heterocycles. The van der Waals surface area contributed by atoms with Gasteiger partial charge in [-0.15, -0.1) is 13.2 Å². The lowest BCUT2D eigenvalue weighted by atomic mass is 9.62. The molecule has 1 aliphatic carbocycles. The Balaban J connectivity index is 1.58. The molecule has 3 heterocycles. The van der Waals surface area contributed by atoms with E-state index >= 15 is 0 Å². The third kappa shape index (κ3) is 5.06. The number of aliphatic hydroxyl groups is 1. The predicted molar refractivity (Wildman–Crippen MR) is 169 cm³/mol. The molecule has 3 amide bonds. The van der Waals surface area contributed by atoms with Gasteiger partial charge in [-0.05, 0) is 70.2 Å². The third-order valence-electron chi connectivity index (χ3n) is 10.7. The Morgan fingerprint density at radius 2 is 1.80 bits per heavy atom. The number of hydrogen-bond acceptors (Lipinski definition) is 6. The summed E-state index contributed by atoms with van der Waals surface area (Å²) in [6.45, 7) is 16.3. The maximum Gasteiger partial charge on any atom is 0.248 e. The maximum absolute atomic E-state index is 14.8. The topological polar surface area (TPSA) is 99.6 Å². The normalized spacial score (nSPS) is 31.8. The number of fused-ring (bicyclic) bond motifs is 1. The van der Waals surface area contributed by atoms with Crippen LogP contribution in [0.25, 0.3) is 0 Å². The first-order chi connectivity index (χ1) is 21.1. The van der Waals surface area contributed by atoms with E-state index in [1.165, 1.54) is 0 Å². The molecular formula is C35H49N3O6. The van der Waals surface area contributed by atoms with Crippen molar-refractivity contribution in [2.45, 2.75) is 95.5 Å². The number of hydrogen-bond donors (Lipinski definition) is 1. The lowest BCUT2D eigenvalue weighted by Gasteiger charge is -2.42. The molecule has 3 saturated heterocycles. The second kappa shape index (κ2) is 12.7. The van der Waals surface area contributed by atoms with Gasteiger partial charge in [0.1, 0.15) is 17.4 Å². The van der Waals surface area contributed by atoms with Gasteiger partial charge in [-0.3, -0.25) is 14.4 Å². The Labute approximate surface area is 261 Å². The number of anilines is 1. The summed E-state index contributed by atoms with van der Waals surface area (Å²) in [6, 6.07) is 5.81. The molecule has 7 atom stereocenters. The third-order valence-corrected chi connectivity index (χ3v) is 10.7. The molecule has 44 heavy (non-hydrogen) atoms. The number of carbonyl (C=O) groups is 3. The molecule has 1 spiro atoms. The fraction of sp³-hybridized carbons (Fsp3) is 0.629. The van der Waals surface area contributed by atoms with Gasteiger partial charge in [-0.1, -0.05) is 38.3 Å². The van der Waals surface area contributed by atoms with Crippen molar-refractivity contribution in [3.05, 3.63) is 49.6 Å². The van der Waals surface area contributed by atoms with Gasteiger partial charge in [0.15, 0.2) is 0 Å². The average molecular weight is 608 g/mol. The smallest absolute Gasteiger partial charge is 0.248 e. The molecule has 0 radical (unpaired) electrons. The van der Waals surface area contributed by atoms with E-state index in [1.807, 2.05) is 49.9 Å². The van der Waals surface area contributed by atoms with Crippen LogP contribution < -0.4 is 9.64 Å². The Bertz CT molecular complexity index is 1260. The van der Waals surface area contributed by atoms with Crippen LogP contribution in [0.15, 0.2) is 49.6 Å². The first kappa shape index (κ1) is 32.2. The molecule has 3 unspecified atom stereocenters. The zero-order valence-corrected chi connectivity index (χ0v) is 26.7. The molecule has 9 heteroatoms. The second-order valence-corrected chi connectivity index (χ2v) is 13.2. The van der Waals surface area contributed by atoms with E-state index in [2.05, 4.69) is 13.2 Å². The van der Waals surface area contributed by atoms with Crippen molar-refractivity contribution in [1.82, 2.24) is 9.80 Å². The van der Waals surface area contributed by atoms with Gasteiger partial charge < -0.3 is 29.3 Å². The van der Waals surface area contributed by atoms with Crippen LogP contribution >= 0.6 is 0 Å². The summed E-state index contributed by atoms with van der Waals surface area (Å²) in [5.74, 6) is -1.77. The maximum atomic E-state index is 14.8. The first-order valence-corrected chi connectivity index (χ1v) is 16.3. The Morgan fingerprint density at radius 3 is 2.39 bits per heavy atom. The molecule has 1 N–H and O–H groups in total. The molecule has 0 aromatic heterocycles. The summed E-state index contributed by atoms with van der Waals surface area (Å²) in [4.78, 5) is 49.1. The number of ether oxygens (including phenoxy) is 2. The number of aliphatic hydroxyl groups excluding tert-OH is 1. The number of carbonyl (C=O) groups excluding carboxylic acids is 3. The summed E-state index contributed by atoms with van der Waals surface area (Å²) < 4.78 is 12.6. The highest BCUT2D eigenvalue weighted by Gasteiger charge is 2.80. The van der Waals surface area contributed by atoms with Gasteiger partial charge in [-0.25, -0.2) is 0 Å². The molecule has 240 valence electrons. The van der Waals surface area contributed by atoms with Crippen molar-refractivity contribution >= 4 is 23.4 Å². The van der Waals surface area contributed by atoms with Gasteiger partial charge in [0.05, 0.1) is 36.7 Å². The van der Waals surface area contributed by atoms with E-state index in [1.54, 1.807) is 28.9 Å². The Kier molecular flexibility index (Phi) is 9.29. The number of amides is 3. The van der Waals surface area contributed by atoms with Crippen molar-refractivity contribution in [3.8, 4) is 5.75 Å². The summed E-state index contributed by atoms with van der Waals surface area (Å²) in [6.07, 6.45) is 8.94. The molecule has 1 aromatic rings. The summed E-state index contributed by atoms with van der Waals surface area (Å²) in [5, 5.41) is 10.3. The molecule has 1 saturated carbocycles. The van der Waals surface area contributed by atoms with Crippen LogP contribution in [0.3, 0.4) is 0 Å². The quantitative estimate of drug-likeness (QED) is 0.355. The molecule has 4 fully saturated rings. The van der Waals surface area contributed by atoms with Crippen molar-refractivity contribution < 1.29 is 29.0 Å². The van der Waals surface area contributed by atoms with Gasteiger partial charge in [-0.2, -0.15) is 0 Å². The van der Waals surface area contributed by atoms with E-state index in [4.69, 9.17) is 9.47 Å². The molecular weight excluding hydrogens is 558 g/mol. The summed E-state index contributed by atoms with van der Waals surface area (Å²) in [5.41, 5.74) is -1.47. The van der Waals surface area contributed by atoms with Crippen LogP contribution in [0.1, 0.15) is 66.2 Å². The van der Waals surface area contributed by atoms with E-state index in [9.17, 15) is 19.5 Å². The molecule has 4 aliphatic rings. The fourth-order valence-corrected chi connectivity index (χ4v) is 8.51. The Hall–Kier alpha value is -3.17. The van der Waals surface area contributed by atoms with Crippen molar-refractivity contribution in [3.63, 3.8) is 0 Å². The van der Waals surface area contributed by atoms with Crippen molar-refractivity contribution in [2.75, 3.05) is 31.2 Å². The minimum absolute atomic E-state index is 0.0536. The van der Waals surface area contributed by atoms with Crippen LogP contribution in [0.4, 0.5) is 5.69 Å². The van der Waals surface area contributed by atoms with Gasteiger partial charge in [0.2, 0.25) is 17.7 Å². The number of likely N-dealkylation sites (tertiary alicyclic amines) is 1. The zero-order valence-electron chi connectivity index (χ0n) is 26.7. The lowest BCUT2D eigenvalue weighted by Crippen LogP contribution is -2.60. The summed E-state index contributed by atoms with van der Waals surface area (Å²) in [7, 11) is 0. The van der Waals surface area contributed by atoms with Gasteiger partial charge in [0.25, 0.3) is 0 Å². The number of benzene rings is 1. The summed E-state index contributed by atoms with van der Waals surface area (Å²) >= 11 is 0. The number of rotatable bonds is 12. The van der Waals surface area contributed by atoms with Crippen LogP contribution in [0, 0.1) is 17.8 Å². The van der Waals surface area contributed by atoms with Crippen LogP contribution in [-0.2, 0) is 19.1 Å². The molecule has 9 nitrogen and oxygen atoms in total. The van der Waals surface area contributed by atoms with Crippen LogP contribution in [-0.4, -0.2) is 88.3 Å². The molecule has 5 rings (SSSR count). The first-order valence-electron chi connectivity index (χ1n) is 16.3. The van der Waals surface area contributed by atoms with Crippen molar-refractivity contribution in [2.24, 2.45) is 17.8 Å². The lowest BCUT2D eigenvalue weighted by molar-refractivity contribution is -0.156.